The summed E-state index contributed by atoms with van der Waals surface area (Å²) in [6.07, 6.45) is 8.47. The number of allylic oxidation sites excluding steroid dienone is 3. The normalized spacial score (nSPS) is 12.1. The van der Waals surface area contributed by atoms with Gasteiger partial charge in [0, 0.05) is 34.5 Å². The van der Waals surface area contributed by atoms with Crippen LogP contribution < -0.4 is 9.80 Å². The number of benzene rings is 5. The van der Waals surface area contributed by atoms with Gasteiger partial charge in [0.1, 0.15) is 0 Å². The third kappa shape index (κ3) is 6.19. The predicted molar refractivity (Wildman–Crippen MR) is 169 cm³/mol. The van der Waals surface area contributed by atoms with E-state index in [1.54, 1.807) is 0 Å². The van der Waals surface area contributed by atoms with Crippen LogP contribution in [-0.2, 0) is 0 Å². The van der Waals surface area contributed by atoms with Crippen LogP contribution in [0.15, 0.2) is 164 Å². The van der Waals surface area contributed by atoms with E-state index in [0.717, 1.165) is 17.1 Å². The van der Waals surface area contributed by atoms with Crippen LogP contribution in [0.2, 0.25) is 0 Å². The van der Waals surface area contributed by atoms with Crippen LogP contribution in [0.1, 0.15) is 13.8 Å². The molecular weight excluding hydrogens is 472 g/mol. The van der Waals surface area contributed by atoms with Crippen molar-refractivity contribution in [3.8, 4) is 11.1 Å². The molecule has 5 aromatic rings. The summed E-state index contributed by atoms with van der Waals surface area (Å²) < 4.78 is 0. The summed E-state index contributed by atoms with van der Waals surface area (Å²) in [5.74, 6) is 0. The van der Waals surface area contributed by atoms with Crippen molar-refractivity contribution in [2.75, 3.05) is 9.80 Å². The number of rotatable bonds is 9. The van der Waals surface area contributed by atoms with Crippen LogP contribution in [0.4, 0.5) is 28.4 Å². The fraction of sp³-hybridized carbons (Fsp3) is 0.0811. The lowest BCUT2D eigenvalue weighted by Gasteiger charge is -2.30. The molecule has 2 nitrogen and oxygen atoms in total. The Hall–Kier alpha value is -4.82. The van der Waals surface area contributed by atoms with Crippen LogP contribution in [0.5, 0.6) is 0 Å². The topological polar surface area (TPSA) is 6.48 Å². The van der Waals surface area contributed by atoms with Crippen LogP contribution in [0.3, 0.4) is 0 Å². The molecule has 0 aliphatic carbocycles. The van der Waals surface area contributed by atoms with Gasteiger partial charge < -0.3 is 9.80 Å². The third-order valence-corrected chi connectivity index (χ3v) is 6.77. The molecule has 0 N–H and O–H groups in total. The fourth-order valence-corrected chi connectivity index (χ4v) is 4.85. The number of anilines is 5. The average molecular weight is 507 g/mol. The molecule has 0 aliphatic heterocycles. The molecule has 1 atom stereocenters. The van der Waals surface area contributed by atoms with Gasteiger partial charge >= 0.3 is 0 Å². The number of nitrogens with zero attached hydrogens (tertiary/aromatic N) is 2. The number of hydrogen-bond donors (Lipinski definition) is 0. The Bertz CT molecular complexity index is 1450. The Kier molecular flexibility index (Phi) is 8.35. The summed E-state index contributed by atoms with van der Waals surface area (Å²) in [5, 5.41) is 0. The van der Waals surface area contributed by atoms with E-state index in [4.69, 9.17) is 0 Å². The van der Waals surface area contributed by atoms with E-state index in [2.05, 4.69) is 181 Å². The molecule has 0 fully saturated rings. The summed E-state index contributed by atoms with van der Waals surface area (Å²) >= 11 is 0. The highest BCUT2D eigenvalue weighted by Crippen LogP contribution is 2.36. The van der Waals surface area contributed by atoms with Gasteiger partial charge in [-0.05, 0) is 85.6 Å². The molecule has 5 aromatic carbocycles. The molecule has 0 saturated carbocycles. The molecule has 0 spiro atoms. The standard InChI is InChI=1S/C37H34N2/c1-3-4-8-15-30(2)38(33-16-9-5-10-17-33)36-26-22-31(23-27-36)32-24-28-37(29-25-32)39(34-18-11-6-12-19-34)35-20-13-7-14-21-35/h3-30H,1-2H3/b4-3-,15-8-. The highest BCUT2D eigenvalue weighted by atomic mass is 15.2. The number of para-hydroxylation sites is 3. The molecule has 0 aromatic heterocycles. The molecule has 0 radical (unpaired) electrons. The fourth-order valence-electron chi connectivity index (χ4n) is 4.85. The summed E-state index contributed by atoms with van der Waals surface area (Å²) in [7, 11) is 0. The molecule has 1 unspecified atom stereocenters. The Labute approximate surface area is 232 Å². The molecule has 0 aliphatic rings. The van der Waals surface area contributed by atoms with Crippen molar-refractivity contribution in [3.05, 3.63) is 164 Å². The predicted octanol–water partition coefficient (Wildman–Crippen LogP) is 10.5. The van der Waals surface area contributed by atoms with Gasteiger partial charge in [-0.1, -0.05) is 103 Å². The van der Waals surface area contributed by atoms with Gasteiger partial charge in [-0.2, -0.15) is 0 Å². The average Bonchev–Trinajstić information content (AvgIpc) is 3.00. The summed E-state index contributed by atoms with van der Waals surface area (Å²) in [5.41, 5.74) is 8.14. The Morgan fingerprint density at radius 1 is 0.462 bits per heavy atom. The minimum atomic E-state index is 0.204. The first kappa shape index (κ1) is 25.8. The zero-order valence-electron chi connectivity index (χ0n) is 22.6. The Morgan fingerprint density at radius 3 is 1.31 bits per heavy atom. The van der Waals surface area contributed by atoms with Gasteiger partial charge in [-0.25, -0.2) is 0 Å². The lowest BCUT2D eigenvalue weighted by molar-refractivity contribution is 0.864. The summed E-state index contributed by atoms with van der Waals surface area (Å²) in [4.78, 5) is 4.65. The van der Waals surface area contributed by atoms with Gasteiger partial charge in [-0.15, -0.1) is 0 Å². The Balaban J connectivity index is 1.43. The maximum atomic E-state index is 2.37. The third-order valence-electron chi connectivity index (χ3n) is 6.77. The summed E-state index contributed by atoms with van der Waals surface area (Å²) in [6, 6.07) is 49.5. The second-order valence-electron chi connectivity index (χ2n) is 9.46. The van der Waals surface area contributed by atoms with E-state index < -0.39 is 0 Å². The van der Waals surface area contributed by atoms with Crippen molar-refractivity contribution in [1.82, 2.24) is 0 Å². The molecule has 0 bridgehead atoms. The van der Waals surface area contributed by atoms with Crippen molar-refractivity contribution >= 4 is 28.4 Å². The van der Waals surface area contributed by atoms with E-state index in [1.165, 1.54) is 22.5 Å². The van der Waals surface area contributed by atoms with Crippen molar-refractivity contribution in [1.29, 1.82) is 0 Å². The molecule has 0 heterocycles. The highest BCUT2D eigenvalue weighted by molar-refractivity contribution is 5.78. The lowest BCUT2D eigenvalue weighted by atomic mass is 10.0. The largest absolute Gasteiger partial charge is 0.335 e. The van der Waals surface area contributed by atoms with Crippen molar-refractivity contribution in [3.63, 3.8) is 0 Å². The second-order valence-corrected chi connectivity index (χ2v) is 9.46. The first-order valence-electron chi connectivity index (χ1n) is 13.5. The van der Waals surface area contributed by atoms with Gasteiger partial charge in [-0.3, -0.25) is 0 Å². The van der Waals surface area contributed by atoms with Crippen molar-refractivity contribution < 1.29 is 0 Å². The quantitative estimate of drug-likeness (QED) is 0.183. The zero-order valence-corrected chi connectivity index (χ0v) is 22.6. The molecule has 192 valence electrons. The SMILES string of the molecule is C/C=C\C=C/C(C)N(c1ccccc1)c1ccc(-c2ccc(N(c3ccccc3)c3ccccc3)cc2)cc1. The first-order chi connectivity index (χ1) is 19.2. The maximum absolute atomic E-state index is 2.37. The summed E-state index contributed by atoms with van der Waals surface area (Å²) in [6.45, 7) is 4.26. The van der Waals surface area contributed by atoms with E-state index >= 15 is 0 Å². The molecule has 2 heteroatoms. The molecule has 0 saturated heterocycles. The zero-order chi connectivity index (χ0) is 26.9. The smallest absolute Gasteiger partial charge is 0.0497 e. The van der Waals surface area contributed by atoms with Crippen molar-refractivity contribution in [2.24, 2.45) is 0 Å². The van der Waals surface area contributed by atoms with Gasteiger partial charge in [0.15, 0.2) is 0 Å². The minimum Gasteiger partial charge on any atom is -0.335 e. The molecule has 0 amide bonds. The lowest BCUT2D eigenvalue weighted by Crippen LogP contribution is -2.26. The van der Waals surface area contributed by atoms with E-state index in [-0.39, 0.29) is 6.04 Å². The van der Waals surface area contributed by atoms with Gasteiger partial charge in [0.2, 0.25) is 0 Å². The van der Waals surface area contributed by atoms with E-state index in [0.29, 0.717) is 0 Å². The molecule has 39 heavy (non-hydrogen) atoms. The maximum Gasteiger partial charge on any atom is 0.0497 e. The van der Waals surface area contributed by atoms with Crippen molar-refractivity contribution in [2.45, 2.75) is 19.9 Å². The molecule has 5 rings (SSSR count). The molecular formula is C37H34N2. The minimum absolute atomic E-state index is 0.204. The van der Waals surface area contributed by atoms with E-state index in [9.17, 15) is 0 Å². The van der Waals surface area contributed by atoms with E-state index in [1.807, 2.05) is 6.92 Å². The highest BCUT2D eigenvalue weighted by Gasteiger charge is 2.15. The van der Waals surface area contributed by atoms with Crippen LogP contribution in [-0.4, -0.2) is 6.04 Å². The number of hydrogen-bond acceptors (Lipinski definition) is 2. The Morgan fingerprint density at radius 2 is 0.846 bits per heavy atom. The first-order valence-corrected chi connectivity index (χ1v) is 13.5. The van der Waals surface area contributed by atoms with Crippen LogP contribution in [0.25, 0.3) is 11.1 Å². The second kappa shape index (κ2) is 12.6. The van der Waals surface area contributed by atoms with Crippen LogP contribution >= 0.6 is 0 Å². The monoisotopic (exact) mass is 506 g/mol. The van der Waals surface area contributed by atoms with Crippen LogP contribution in [0, 0.1) is 0 Å². The van der Waals surface area contributed by atoms with Gasteiger partial charge in [0.05, 0.1) is 0 Å². The van der Waals surface area contributed by atoms with Gasteiger partial charge in [0.25, 0.3) is 0 Å².